The molecule has 168 valence electrons. The summed E-state index contributed by atoms with van der Waals surface area (Å²) in [6.07, 6.45) is 2.88. The Labute approximate surface area is 192 Å². The average molecular weight is 474 g/mol. The number of allylic oxidation sites excluding steroid dienone is 1. The van der Waals surface area contributed by atoms with Gasteiger partial charge in [0.05, 0.1) is 28.0 Å². The summed E-state index contributed by atoms with van der Waals surface area (Å²) in [7, 11) is -1.14. The summed E-state index contributed by atoms with van der Waals surface area (Å²) in [6.45, 7) is 6.20. The molecule has 1 fully saturated rings. The Hall–Kier alpha value is -2.56. The number of hydrogen-bond donors (Lipinski definition) is 3. The van der Waals surface area contributed by atoms with Crippen LogP contribution in [0.15, 0.2) is 30.2 Å². The molecular formula is C22H24FN5O2S2. The molecule has 2 aromatic heterocycles. The van der Waals surface area contributed by atoms with Crippen molar-refractivity contribution in [3.05, 3.63) is 58.4 Å². The Morgan fingerprint density at radius 2 is 2.28 bits per heavy atom. The van der Waals surface area contributed by atoms with Crippen molar-refractivity contribution in [2.24, 2.45) is 0 Å². The minimum absolute atomic E-state index is 0.0936. The van der Waals surface area contributed by atoms with Gasteiger partial charge in [0.2, 0.25) is 5.88 Å². The van der Waals surface area contributed by atoms with Crippen molar-refractivity contribution >= 4 is 39.6 Å². The summed E-state index contributed by atoms with van der Waals surface area (Å²) < 4.78 is 39.9. The van der Waals surface area contributed by atoms with Crippen LogP contribution in [0.5, 0.6) is 5.88 Å². The zero-order chi connectivity index (χ0) is 22.2. The molecule has 3 unspecified atom stereocenters. The highest BCUT2D eigenvalue weighted by atomic mass is 32.2. The number of H-pyrrole nitrogens is 1. The summed E-state index contributed by atoms with van der Waals surface area (Å²) in [5, 5.41) is 12.5. The number of benzene rings is 1. The van der Waals surface area contributed by atoms with E-state index in [1.807, 2.05) is 24.4 Å². The Bertz CT molecular complexity index is 1190. The first kappa shape index (κ1) is 21.3. The van der Waals surface area contributed by atoms with Gasteiger partial charge in [-0.25, -0.2) is 13.3 Å². The number of aromatic nitrogens is 3. The van der Waals surface area contributed by atoms with Gasteiger partial charge in [-0.15, -0.1) is 0 Å². The number of nitrogens with zero attached hydrogens (tertiary/aromatic N) is 2. The first-order chi connectivity index (χ1) is 15.5. The second-order valence-electron chi connectivity index (χ2n) is 8.27. The van der Waals surface area contributed by atoms with Gasteiger partial charge in [0.1, 0.15) is 6.10 Å². The molecule has 10 heteroatoms. The number of hydrogen-bond acceptors (Lipinski definition) is 6. The molecule has 3 heterocycles. The van der Waals surface area contributed by atoms with E-state index in [1.54, 1.807) is 6.07 Å². The quantitative estimate of drug-likeness (QED) is 0.480. The maximum Gasteiger partial charge on any atom is 0.233 e. The Morgan fingerprint density at radius 3 is 3.12 bits per heavy atom. The molecule has 3 N–H and O–H groups in total. The second-order valence-corrected chi connectivity index (χ2v) is 10.2. The predicted octanol–water partition coefficient (Wildman–Crippen LogP) is 4.76. The lowest BCUT2D eigenvalue weighted by Gasteiger charge is -2.18. The standard InChI is InChI=1S/C22H24FN5O2S2/c1-12(2)17-10-31-28-22(17)30-15-5-3-13(7-15)19-8-20(27-26-19)25-18-6-4-14-11-32(29)24-9-16(14)21(18)23/h4,6,8,10,13,15,24H,1,3,5,7,9,11H2,2H3,(H2,25,26,27). The van der Waals surface area contributed by atoms with Crippen LogP contribution in [0.25, 0.3) is 5.57 Å². The lowest BCUT2D eigenvalue weighted by molar-refractivity contribution is 0.201. The minimum Gasteiger partial charge on any atom is -0.473 e. The molecule has 3 atom stereocenters. The highest BCUT2D eigenvalue weighted by Gasteiger charge is 2.30. The first-order valence-corrected chi connectivity index (χ1v) is 12.6. The van der Waals surface area contributed by atoms with Crippen LogP contribution < -0.4 is 14.8 Å². The first-order valence-electron chi connectivity index (χ1n) is 10.5. The molecule has 1 saturated carbocycles. The van der Waals surface area contributed by atoms with E-state index >= 15 is 0 Å². The molecule has 3 aromatic rings. The fourth-order valence-electron chi connectivity index (χ4n) is 4.26. The molecule has 1 aliphatic carbocycles. The fraction of sp³-hybridized carbons (Fsp3) is 0.364. The van der Waals surface area contributed by atoms with Crippen LogP contribution in [0.3, 0.4) is 0 Å². The lowest BCUT2D eigenvalue weighted by Crippen LogP contribution is -2.26. The van der Waals surface area contributed by atoms with Crippen LogP contribution >= 0.6 is 11.5 Å². The maximum absolute atomic E-state index is 14.9. The molecule has 0 bridgehead atoms. The van der Waals surface area contributed by atoms with Gasteiger partial charge in [-0.1, -0.05) is 12.6 Å². The van der Waals surface area contributed by atoms with Crippen LogP contribution in [0.4, 0.5) is 15.9 Å². The number of anilines is 2. The molecule has 7 nitrogen and oxygen atoms in total. The molecule has 32 heavy (non-hydrogen) atoms. The molecular weight excluding hydrogens is 449 g/mol. The third kappa shape index (κ3) is 4.22. The van der Waals surface area contributed by atoms with E-state index in [9.17, 15) is 8.60 Å². The van der Waals surface area contributed by atoms with Crippen molar-refractivity contribution in [1.29, 1.82) is 0 Å². The van der Waals surface area contributed by atoms with Crippen LogP contribution in [0.1, 0.15) is 54.5 Å². The molecule has 2 aliphatic rings. The summed E-state index contributed by atoms with van der Waals surface area (Å²) in [4.78, 5) is 0. The number of halogens is 1. The zero-order valence-electron chi connectivity index (χ0n) is 17.6. The van der Waals surface area contributed by atoms with Crippen molar-refractivity contribution in [1.82, 2.24) is 19.3 Å². The normalized spacial score (nSPS) is 22.5. The van der Waals surface area contributed by atoms with Gasteiger partial charge < -0.3 is 10.1 Å². The molecule has 0 radical (unpaired) electrons. The maximum atomic E-state index is 14.9. The molecule has 0 saturated heterocycles. The Morgan fingerprint density at radius 1 is 1.41 bits per heavy atom. The van der Waals surface area contributed by atoms with Gasteiger partial charge in [0.15, 0.2) is 11.6 Å². The van der Waals surface area contributed by atoms with E-state index in [1.165, 1.54) is 11.5 Å². The van der Waals surface area contributed by atoms with Crippen molar-refractivity contribution in [3.63, 3.8) is 0 Å². The number of rotatable bonds is 6. The average Bonchev–Trinajstić information content (AvgIpc) is 3.51. The minimum atomic E-state index is -1.14. The van der Waals surface area contributed by atoms with Gasteiger partial charge >= 0.3 is 0 Å². The van der Waals surface area contributed by atoms with Crippen molar-refractivity contribution < 1.29 is 13.3 Å². The van der Waals surface area contributed by atoms with Crippen LogP contribution in [0.2, 0.25) is 0 Å². The largest absolute Gasteiger partial charge is 0.473 e. The third-order valence-electron chi connectivity index (χ3n) is 6.00. The van der Waals surface area contributed by atoms with E-state index in [4.69, 9.17) is 4.74 Å². The number of ether oxygens (including phenoxy) is 1. The summed E-state index contributed by atoms with van der Waals surface area (Å²) in [5.41, 5.74) is 4.62. The van der Waals surface area contributed by atoms with E-state index in [2.05, 4.69) is 31.2 Å². The molecule has 0 spiro atoms. The Kier molecular flexibility index (Phi) is 5.83. The molecule has 5 rings (SSSR count). The Balaban J connectivity index is 1.24. The SMILES string of the molecule is C=C(C)c1csnc1OC1CCC(c2cc(Nc3ccc4c(c3F)CNS(=O)C4)n[nH]2)C1. The van der Waals surface area contributed by atoms with E-state index in [0.29, 0.717) is 34.6 Å². The number of fused-ring (bicyclic) bond motifs is 1. The number of nitrogens with one attached hydrogen (secondary N) is 3. The van der Waals surface area contributed by atoms with Crippen LogP contribution in [-0.2, 0) is 23.3 Å². The highest BCUT2D eigenvalue weighted by molar-refractivity contribution is 7.82. The summed E-state index contributed by atoms with van der Waals surface area (Å²) in [6, 6.07) is 5.43. The van der Waals surface area contributed by atoms with Gasteiger partial charge in [-0.2, -0.15) is 9.47 Å². The van der Waals surface area contributed by atoms with Crippen LogP contribution in [-0.4, -0.2) is 24.9 Å². The summed E-state index contributed by atoms with van der Waals surface area (Å²) >= 11 is 1.38. The fourth-order valence-corrected chi connectivity index (χ4v) is 5.92. The molecule has 1 aliphatic heterocycles. The van der Waals surface area contributed by atoms with Gasteiger partial charge in [0, 0.05) is 35.2 Å². The third-order valence-corrected chi connectivity index (χ3v) is 7.65. The molecule has 1 aromatic carbocycles. The van der Waals surface area contributed by atoms with Gasteiger partial charge in [-0.05, 0) is 54.9 Å². The smallest absolute Gasteiger partial charge is 0.233 e. The van der Waals surface area contributed by atoms with Crippen molar-refractivity contribution in [2.45, 2.75) is 50.5 Å². The monoisotopic (exact) mass is 473 g/mol. The highest BCUT2D eigenvalue weighted by Crippen LogP contribution is 2.38. The predicted molar refractivity (Wildman–Crippen MR) is 125 cm³/mol. The van der Waals surface area contributed by atoms with E-state index in [-0.39, 0.29) is 18.5 Å². The topological polar surface area (TPSA) is 91.9 Å². The second kappa shape index (κ2) is 8.76. The van der Waals surface area contributed by atoms with Gasteiger partial charge in [-0.3, -0.25) is 5.10 Å². The van der Waals surface area contributed by atoms with E-state index in [0.717, 1.165) is 41.7 Å². The van der Waals surface area contributed by atoms with E-state index < -0.39 is 11.0 Å². The summed E-state index contributed by atoms with van der Waals surface area (Å²) in [5.74, 6) is 1.52. The van der Waals surface area contributed by atoms with Gasteiger partial charge in [0.25, 0.3) is 0 Å². The van der Waals surface area contributed by atoms with Crippen LogP contribution in [0, 0.1) is 5.82 Å². The van der Waals surface area contributed by atoms with Crippen molar-refractivity contribution in [2.75, 3.05) is 5.32 Å². The van der Waals surface area contributed by atoms with Crippen molar-refractivity contribution in [3.8, 4) is 5.88 Å². The zero-order valence-corrected chi connectivity index (χ0v) is 19.2. The molecule has 0 amide bonds. The number of aromatic amines is 1. The lowest BCUT2D eigenvalue weighted by atomic mass is 10.0.